The first-order chi connectivity index (χ1) is 12.2. The summed E-state index contributed by atoms with van der Waals surface area (Å²) < 4.78 is 38.6. The van der Waals surface area contributed by atoms with E-state index in [0.29, 0.717) is 10.2 Å². The Kier molecular flexibility index (Phi) is 4.53. The zero-order chi connectivity index (χ0) is 19.1. The summed E-state index contributed by atoms with van der Waals surface area (Å²) in [5, 5.41) is 1.74. The second-order valence-corrected chi connectivity index (χ2v) is 6.55. The molecule has 0 unspecified atom stereocenters. The Labute approximate surface area is 149 Å². The third-order valence-electron chi connectivity index (χ3n) is 3.70. The molecule has 3 aromatic rings. The molecule has 0 aliphatic rings. The predicted octanol–water partition coefficient (Wildman–Crippen LogP) is 2.98. The first-order valence-corrected chi connectivity index (χ1v) is 8.31. The Hall–Kier alpha value is -2.75. The normalized spacial score (nSPS) is 11.7. The van der Waals surface area contributed by atoms with E-state index >= 15 is 0 Å². The number of hydrogen-bond acceptors (Lipinski definition) is 5. The highest BCUT2D eigenvalue weighted by Gasteiger charge is 2.33. The number of H-pyrrole nitrogens is 1. The first kappa shape index (κ1) is 18.1. The predicted molar refractivity (Wildman–Crippen MR) is 90.0 cm³/mol. The summed E-state index contributed by atoms with van der Waals surface area (Å²) >= 11 is 1.26. The van der Waals surface area contributed by atoms with Crippen molar-refractivity contribution in [2.24, 2.45) is 0 Å². The second kappa shape index (κ2) is 6.52. The summed E-state index contributed by atoms with van der Waals surface area (Å²) in [7, 11) is 1.47. The monoisotopic (exact) mass is 382 g/mol. The summed E-state index contributed by atoms with van der Waals surface area (Å²) in [6, 6.07) is 3.57. The van der Waals surface area contributed by atoms with Gasteiger partial charge in [0.2, 0.25) is 0 Å². The fourth-order valence-electron chi connectivity index (χ4n) is 2.44. The van der Waals surface area contributed by atoms with Crippen molar-refractivity contribution in [1.29, 1.82) is 0 Å². The Balaban J connectivity index is 1.84. The highest BCUT2D eigenvalue weighted by atomic mass is 32.1. The van der Waals surface area contributed by atoms with Crippen LogP contribution in [0.2, 0.25) is 0 Å². The van der Waals surface area contributed by atoms with Crippen molar-refractivity contribution in [1.82, 2.24) is 19.9 Å². The van der Waals surface area contributed by atoms with Gasteiger partial charge in [-0.1, -0.05) is 0 Å². The summed E-state index contributed by atoms with van der Waals surface area (Å²) in [4.78, 5) is 36.1. The maximum absolute atomic E-state index is 12.7. The van der Waals surface area contributed by atoms with Gasteiger partial charge in [-0.25, -0.2) is 9.97 Å². The van der Waals surface area contributed by atoms with Gasteiger partial charge in [-0.05, 0) is 30.5 Å². The van der Waals surface area contributed by atoms with Crippen molar-refractivity contribution in [3.05, 3.63) is 56.7 Å². The SMILES string of the molecule is Cc1nc(C(F)(F)F)ccc1C(=O)N(C)Cc1nc2ccsc2c(=O)[nH]1. The number of halogens is 3. The number of alkyl halides is 3. The zero-order valence-electron chi connectivity index (χ0n) is 13.7. The Bertz CT molecular complexity index is 1040. The van der Waals surface area contributed by atoms with Crippen LogP contribution in [0.5, 0.6) is 0 Å². The molecule has 136 valence electrons. The minimum atomic E-state index is -4.57. The van der Waals surface area contributed by atoms with E-state index in [2.05, 4.69) is 15.0 Å². The third-order valence-corrected chi connectivity index (χ3v) is 4.61. The van der Waals surface area contributed by atoms with Crippen LogP contribution in [0.4, 0.5) is 13.2 Å². The van der Waals surface area contributed by atoms with Gasteiger partial charge in [0.15, 0.2) is 0 Å². The quantitative estimate of drug-likeness (QED) is 0.755. The van der Waals surface area contributed by atoms with Crippen molar-refractivity contribution < 1.29 is 18.0 Å². The van der Waals surface area contributed by atoms with E-state index in [4.69, 9.17) is 0 Å². The Morgan fingerprint density at radius 1 is 1.27 bits per heavy atom. The fraction of sp³-hybridized carbons (Fsp3) is 0.250. The van der Waals surface area contributed by atoms with Gasteiger partial charge in [0.1, 0.15) is 16.2 Å². The fourth-order valence-corrected chi connectivity index (χ4v) is 3.17. The van der Waals surface area contributed by atoms with Gasteiger partial charge < -0.3 is 9.88 Å². The zero-order valence-corrected chi connectivity index (χ0v) is 14.5. The van der Waals surface area contributed by atoms with Crippen LogP contribution in [-0.4, -0.2) is 32.8 Å². The first-order valence-electron chi connectivity index (χ1n) is 7.43. The van der Waals surface area contributed by atoms with Gasteiger partial charge in [0, 0.05) is 7.05 Å². The number of nitrogens with zero attached hydrogens (tertiary/aromatic N) is 3. The van der Waals surface area contributed by atoms with Crippen LogP contribution in [0.1, 0.15) is 27.6 Å². The second-order valence-electron chi connectivity index (χ2n) is 5.64. The molecule has 0 aliphatic carbocycles. The molecular formula is C16H13F3N4O2S. The van der Waals surface area contributed by atoms with E-state index in [-0.39, 0.29) is 29.2 Å². The van der Waals surface area contributed by atoms with E-state index in [9.17, 15) is 22.8 Å². The lowest BCUT2D eigenvalue weighted by Gasteiger charge is -2.18. The molecule has 0 aliphatic heterocycles. The minimum Gasteiger partial charge on any atom is -0.334 e. The van der Waals surface area contributed by atoms with E-state index in [1.807, 2.05) is 0 Å². The number of hydrogen-bond donors (Lipinski definition) is 1. The van der Waals surface area contributed by atoms with E-state index < -0.39 is 17.8 Å². The molecule has 1 amide bonds. The molecule has 0 saturated heterocycles. The van der Waals surface area contributed by atoms with Crippen LogP contribution < -0.4 is 5.56 Å². The molecule has 6 nitrogen and oxygen atoms in total. The standard InChI is InChI=1S/C16H13F3N4O2S/c1-8-9(3-4-11(20-8)16(17,18)19)15(25)23(2)7-12-21-10-5-6-26-13(10)14(24)22-12/h3-6H,7H2,1-2H3,(H,21,22,24). The third kappa shape index (κ3) is 3.45. The molecule has 3 heterocycles. The van der Waals surface area contributed by atoms with Crippen LogP contribution in [0, 0.1) is 6.92 Å². The Morgan fingerprint density at radius 2 is 2.00 bits per heavy atom. The number of thiophene rings is 1. The summed E-state index contributed by atoms with van der Waals surface area (Å²) in [5.41, 5.74) is -0.788. The largest absolute Gasteiger partial charge is 0.433 e. The van der Waals surface area contributed by atoms with Crippen molar-refractivity contribution in [3.63, 3.8) is 0 Å². The number of carbonyl (C=O) groups is 1. The maximum atomic E-state index is 12.7. The molecule has 0 spiro atoms. The molecule has 26 heavy (non-hydrogen) atoms. The lowest BCUT2D eigenvalue weighted by molar-refractivity contribution is -0.141. The number of aryl methyl sites for hydroxylation is 1. The molecule has 1 N–H and O–H groups in total. The van der Waals surface area contributed by atoms with Gasteiger partial charge in [-0.15, -0.1) is 11.3 Å². The van der Waals surface area contributed by atoms with Crippen molar-refractivity contribution in [2.75, 3.05) is 7.05 Å². The van der Waals surface area contributed by atoms with Crippen molar-refractivity contribution in [3.8, 4) is 0 Å². The van der Waals surface area contributed by atoms with Gasteiger partial charge in [-0.3, -0.25) is 9.59 Å². The van der Waals surface area contributed by atoms with Gasteiger partial charge >= 0.3 is 6.18 Å². The number of amides is 1. The van der Waals surface area contributed by atoms with Crippen LogP contribution in [0.15, 0.2) is 28.4 Å². The summed E-state index contributed by atoms with van der Waals surface area (Å²) in [5.74, 6) is -0.230. The highest BCUT2D eigenvalue weighted by Crippen LogP contribution is 2.28. The lowest BCUT2D eigenvalue weighted by atomic mass is 10.1. The van der Waals surface area contributed by atoms with Crippen LogP contribution in [0.3, 0.4) is 0 Å². The number of aromatic nitrogens is 3. The molecule has 10 heteroatoms. The minimum absolute atomic E-state index is 0.000320. The summed E-state index contributed by atoms with van der Waals surface area (Å²) in [6.07, 6.45) is -4.57. The number of fused-ring (bicyclic) bond motifs is 1. The smallest absolute Gasteiger partial charge is 0.334 e. The molecule has 0 aromatic carbocycles. The molecule has 3 aromatic heterocycles. The molecule has 3 rings (SSSR count). The van der Waals surface area contributed by atoms with Crippen LogP contribution >= 0.6 is 11.3 Å². The number of nitrogens with one attached hydrogen (secondary N) is 1. The molecule has 0 bridgehead atoms. The number of aromatic amines is 1. The molecule has 0 radical (unpaired) electrons. The number of pyridine rings is 1. The highest BCUT2D eigenvalue weighted by molar-refractivity contribution is 7.17. The van der Waals surface area contributed by atoms with Gasteiger partial charge in [0.05, 0.1) is 23.3 Å². The topological polar surface area (TPSA) is 79.0 Å². The van der Waals surface area contributed by atoms with Crippen molar-refractivity contribution in [2.45, 2.75) is 19.6 Å². The molecule has 0 saturated carbocycles. The average Bonchev–Trinajstić information content (AvgIpc) is 3.02. The average molecular weight is 382 g/mol. The maximum Gasteiger partial charge on any atom is 0.433 e. The number of rotatable bonds is 3. The summed E-state index contributed by atoms with van der Waals surface area (Å²) in [6.45, 7) is 1.34. The van der Waals surface area contributed by atoms with Crippen molar-refractivity contribution >= 4 is 27.5 Å². The molecule has 0 atom stereocenters. The van der Waals surface area contributed by atoms with Gasteiger partial charge in [-0.2, -0.15) is 13.2 Å². The van der Waals surface area contributed by atoms with Crippen LogP contribution in [-0.2, 0) is 12.7 Å². The Morgan fingerprint density at radius 3 is 2.65 bits per heavy atom. The lowest BCUT2D eigenvalue weighted by Crippen LogP contribution is -2.29. The number of carbonyl (C=O) groups excluding carboxylic acids is 1. The van der Waals surface area contributed by atoms with E-state index in [1.54, 1.807) is 11.4 Å². The molecular weight excluding hydrogens is 369 g/mol. The molecule has 0 fully saturated rings. The van der Waals surface area contributed by atoms with E-state index in [1.165, 1.54) is 30.2 Å². The van der Waals surface area contributed by atoms with Gasteiger partial charge in [0.25, 0.3) is 11.5 Å². The van der Waals surface area contributed by atoms with E-state index in [0.717, 1.165) is 12.1 Å². The van der Waals surface area contributed by atoms with Crippen LogP contribution in [0.25, 0.3) is 10.2 Å².